The fraction of sp³-hybridized carbons (Fsp3) is 0.625. The Kier molecular flexibility index (Phi) is 6.46. The topological polar surface area (TPSA) is 21.3 Å². The lowest BCUT2D eigenvalue weighted by Crippen LogP contribution is -2.37. The summed E-state index contributed by atoms with van der Waals surface area (Å²) in [5.41, 5.74) is 1.63. The summed E-state index contributed by atoms with van der Waals surface area (Å²) in [6.45, 7) is 11.6. The molecule has 1 rings (SSSR count). The number of likely N-dealkylation sites (N-methyl/N-ethyl adjacent to an activating group) is 1. The van der Waals surface area contributed by atoms with Crippen molar-refractivity contribution in [3.8, 4) is 0 Å². The second kappa shape index (κ2) is 7.61. The van der Waals surface area contributed by atoms with Crippen molar-refractivity contribution < 1.29 is 9.13 Å². The van der Waals surface area contributed by atoms with Crippen LogP contribution in [0.1, 0.15) is 44.9 Å². The molecule has 0 aromatic heterocycles. The van der Waals surface area contributed by atoms with Crippen molar-refractivity contribution in [2.45, 2.75) is 46.8 Å². The molecule has 19 heavy (non-hydrogen) atoms. The third-order valence-electron chi connectivity index (χ3n) is 3.32. The molecule has 0 amide bonds. The zero-order valence-corrected chi connectivity index (χ0v) is 12.7. The average molecular weight is 267 g/mol. The Bertz CT molecular complexity index is 392. The smallest absolute Gasteiger partial charge is 0.126 e. The second-order valence-corrected chi connectivity index (χ2v) is 5.21. The molecule has 2 atom stereocenters. The van der Waals surface area contributed by atoms with Crippen molar-refractivity contribution in [3.63, 3.8) is 0 Å². The molecule has 1 aromatic rings. The molecule has 108 valence electrons. The van der Waals surface area contributed by atoms with Gasteiger partial charge >= 0.3 is 0 Å². The second-order valence-electron chi connectivity index (χ2n) is 5.21. The molecule has 0 radical (unpaired) electrons. The molecule has 0 aliphatic carbocycles. The van der Waals surface area contributed by atoms with Crippen LogP contribution in [0, 0.1) is 18.7 Å². The zero-order valence-electron chi connectivity index (χ0n) is 12.7. The van der Waals surface area contributed by atoms with Gasteiger partial charge in [-0.05, 0) is 43.5 Å². The van der Waals surface area contributed by atoms with Gasteiger partial charge in [0.25, 0.3) is 0 Å². The third kappa shape index (κ3) is 4.29. The molecule has 0 saturated carbocycles. The summed E-state index contributed by atoms with van der Waals surface area (Å²) < 4.78 is 19.6. The maximum atomic E-state index is 13.8. The highest BCUT2D eigenvalue weighted by atomic mass is 19.1. The van der Waals surface area contributed by atoms with Gasteiger partial charge < -0.3 is 10.1 Å². The molecular formula is C16H26FNO. The molecule has 0 saturated heterocycles. The number of ether oxygens (including phenoxy) is 1. The highest BCUT2D eigenvalue weighted by molar-refractivity contribution is 5.26. The number of nitrogens with one attached hydrogen (secondary N) is 1. The Morgan fingerprint density at radius 3 is 2.42 bits per heavy atom. The van der Waals surface area contributed by atoms with E-state index in [1.807, 2.05) is 19.1 Å². The van der Waals surface area contributed by atoms with Gasteiger partial charge in [0.2, 0.25) is 0 Å². The van der Waals surface area contributed by atoms with E-state index < -0.39 is 0 Å². The number of halogens is 1. The lowest BCUT2D eigenvalue weighted by molar-refractivity contribution is 0.00311. The molecule has 0 fully saturated rings. The maximum absolute atomic E-state index is 13.8. The van der Waals surface area contributed by atoms with Crippen LogP contribution < -0.4 is 5.32 Å². The van der Waals surface area contributed by atoms with Crippen molar-refractivity contribution in [3.05, 3.63) is 35.1 Å². The molecule has 0 spiro atoms. The summed E-state index contributed by atoms with van der Waals surface area (Å²) in [6.07, 6.45) is 0.0482. The van der Waals surface area contributed by atoms with Crippen LogP contribution in [0.4, 0.5) is 4.39 Å². The highest BCUT2D eigenvalue weighted by Gasteiger charge is 2.26. The first-order valence-electron chi connectivity index (χ1n) is 7.12. The average Bonchev–Trinajstić information content (AvgIpc) is 2.37. The summed E-state index contributed by atoms with van der Waals surface area (Å²) >= 11 is 0. The van der Waals surface area contributed by atoms with E-state index in [4.69, 9.17) is 4.74 Å². The standard InChI is InChI=1S/C16H26FNO/c1-6-18-15(16(11(3)4)19-7-2)13-9-8-12(5)14(17)10-13/h8-11,15-16,18H,6-7H2,1-5H3. The summed E-state index contributed by atoms with van der Waals surface area (Å²) in [7, 11) is 0. The van der Waals surface area contributed by atoms with Crippen LogP contribution in [0.3, 0.4) is 0 Å². The van der Waals surface area contributed by atoms with Crippen molar-refractivity contribution in [2.75, 3.05) is 13.2 Å². The molecule has 0 heterocycles. The van der Waals surface area contributed by atoms with E-state index in [1.54, 1.807) is 13.0 Å². The number of rotatable bonds is 7. The fourth-order valence-electron chi connectivity index (χ4n) is 2.31. The molecular weight excluding hydrogens is 241 g/mol. The van der Waals surface area contributed by atoms with Crippen molar-refractivity contribution in [1.29, 1.82) is 0 Å². The van der Waals surface area contributed by atoms with Gasteiger partial charge in [0.05, 0.1) is 12.1 Å². The lowest BCUT2D eigenvalue weighted by atomic mass is 9.92. The van der Waals surface area contributed by atoms with E-state index in [1.165, 1.54) is 0 Å². The van der Waals surface area contributed by atoms with Crippen LogP contribution in [0.15, 0.2) is 18.2 Å². The predicted molar refractivity (Wildman–Crippen MR) is 77.8 cm³/mol. The quantitative estimate of drug-likeness (QED) is 0.810. The van der Waals surface area contributed by atoms with Gasteiger partial charge in [-0.3, -0.25) is 0 Å². The molecule has 0 aliphatic rings. The van der Waals surface area contributed by atoms with Gasteiger partial charge in [0, 0.05) is 6.61 Å². The normalized spacial score (nSPS) is 14.7. The minimum atomic E-state index is -0.153. The third-order valence-corrected chi connectivity index (χ3v) is 3.32. The van der Waals surface area contributed by atoms with Crippen LogP contribution in [-0.2, 0) is 4.74 Å². The lowest BCUT2D eigenvalue weighted by Gasteiger charge is -2.31. The maximum Gasteiger partial charge on any atom is 0.126 e. The number of aryl methyl sites for hydroxylation is 1. The van der Waals surface area contributed by atoms with E-state index in [0.29, 0.717) is 18.1 Å². The Balaban J connectivity index is 3.06. The van der Waals surface area contributed by atoms with E-state index in [9.17, 15) is 4.39 Å². The van der Waals surface area contributed by atoms with Gasteiger partial charge in [-0.25, -0.2) is 4.39 Å². The Hall–Kier alpha value is -0.930. The largest absolute Gasteiger partial charge is 0.376 e. The van der Waals surface area contributed by atoms with Gasteiger partial charge in [-0.1, -0.05) is 32.9 Å². The van der Waals surface area contributed by atoms with Gasteiger partial charge in [0.1, 0.15) is 5.82 Å². The minimum absolute atomic E-state index is 0.0278. The SMILES string of the molecule is CCNC(c1ccc(C)c(F)c1)C(OCC)C(C)C. The predicted octanol–water partition coefficient (Wildman–Crippen LogP) is 3.85. The zero-order chi connectivity index (χ0) is 14.4. The molecule has 2 unspecified atom stereocenters. The molecule has 2 nitrogen and oxygen atoms in total. The monoisotopic (exact) mass is 267 g/mol. The van der Waals surface area contributed by atoms with Crippen molar-refractivity contribution in [2.24, 2.45) is 5.92 Å². The van der Waals surface area contributed by atoms with E-state index >= 15 is 0 Å². The first-order chi connectivity index (χ1) is 9.01. The van der Waals surface area contributed by atoms with E-state index in [-0.39, 0.29) is 18.0 Å². The van der Waals surface area contributed by atoms with Crippen LogP contribution >= 0.6 is 0 Å². The van der Waals surface area contributed by atoms with Gasteiger partial charge in [-0.15, -0.1) is 0 Å². The van der Waals surface area contributed by atoms with Crippen LogP contribution in [0.5, 0.6) is 0 Å². The Morgan fingerprint density at radius 1 is 1.26 bits per heavy atom. The van der Waals surface area contributed by atoms with E-state index in [2.05, 4.69) is 26.1 Å². The van der Waals surface area contributed by atoms with Crippen molar-refractivity contribution >= 4 is 0 Å². The molecule has 1 aromatic carbocycles. The van der Waals surface area contributed by atoms with Gasteiger partial charge in [0.15, 0.2) is 0 Å². The number of hydrogen-bond acceptors (Lipinski definition) is 2. The first-order valence-corrected chi connectivity index (χ1v) is 7.12. The summed E-state index contributed by atoms with van der Waals surface area (Å²) in [4.78, 5) is 0. The Labute approximate surface area is 116 Å². The summed E-state index contributed by atoms with van der Waals surface area (Å²) in [5, 5.41) is 3.42. The van der Waals surface area contributed by atoms with Crippen molar-refractivity contribution in [1.82, 2.24) is 5.32 Å². The number of hydrogen-bond donors (Lipinski definition) is 1. The summed E-state index contributed by atoms with van der Waals surface area (Å²) in [5.74, 6) is 0.216. The summed E-state index contributed by atoms with van der Waals surface area (Å²) in [6, 6.07) is 5.47. The Morgan fingerprint density at radius 2 is 1.95 bits per heavy atom. The highest BCUT2D eigenvalue weighted by Crippen LogP contribution is 2.26. The molecule has 1 N–H and O–H groups in total. The van der Waals surface area contributed by atoms with Crippen LogP contribution in [-0.4, -0.2) is 19.3 Å². The fourth-order valence-corrected chi connectivity index (χ4v) is 2.31. The molecule has 0 bridgehead atoms. The minimum Gasteiger partial charge on any atom is -0.376 e. The van der Waals surface area contributed by atoms with Crippen LogP contribution in [0.25, 0.3) is 0 Å². The van der Waals surface area contributed by atoms with Crippen LogP contribution in [0.2, 0.25) is 0 Å². The molecule has 3 heteroatoms. The first kappa shape index (κ1) is 16.1. The van der Waals surface area contributed by atoms with E-state index in [0.717, 1.165) is 12.1 Å². The van der Waals surface area contributed by atoms with Gasteiger partial charge in [-0.2, -0.15) is 0 Å². The molecule has 0 aliphatic heterocycles. The number of benzene rings is 1.